The Labute approximate surface area is 171 Å². The van der Waals surface area contributed by atoms with E-state index in [4.69, 9.17) is 4.42 Å². The van der Waals surface area contributed by atoms with Crippen molar-refractivity contribution >= 4 is 39.5 Å². The summed E-state index contributed by atoms with van der Waals surface area (Å²) in [5, 5.41) is 5.59. The van der Waals surface area contributed by atoms with Crippen molar-refractivity contribution in [1.29, 1.82) is 0 Å². The van der Waals surface area contributed by atoms with E-state index in [0.29, 0.717) is 33.6 Å². The highest BCUT2D eigenvalue weighted by molar-refractivity contribution is 6.01. The molecule has 152 valence electrons. The summed E-state index contributed by atoms with van der Waals surface area (Å²) in [5.74, 6) is -0.261. The van der Waals surface area contributed by atoms with Crippen LogP contribution < -0.4 is 16.1 Å². The van der Waals surface area contributed by atoms with E-state index >= 15 is 0 Å². The highest BCUT2D eigenvalue weighted by Crippen LogP contribution is 2.23. The molecule has 30 heavy (non-hydrogen) atoms. The number of aromatic amines is 1. The number of H-pyrrole nitrogens is 1. The van der Waals surface area contributed by atoms with E-state index in [-0.39, 0.29) is 23.5 Å². The number of aromatic nitrogens is 2. The molecule has 0 radical (unpaired) electrons. The van der Waals surface area contributed by atoms with Crippen LogP contribution in [0.4, 0.5) is 5.69 Å². The predicted molar refractivity (Wildman–Crippen MR) is 114 cm³/mol. The summed E-state index contributed by atoms with van der Waals surface area (Å²) in [6.45, 7) is 3.69. The lowest BCUT2D eigenvalue weighted by Gasteiger charge is -2.07. The SMILES string of the molecule is CC(C)c1nc2cc(NC(=O)CNC(=O)c3c[nH]c4ccccc4c3=O)ccc2o1. The highest BCUT2D eigenvalue weighted by Gasteiger charge is 2.15. The largest absolute Gasteiger partial charge is 0.440 e. The first-order chi connectivity index (χ1) is 14.4. The van der Waals surface area contributed by atoms with Crippen LogP contribution in [-0.4, -0.2) is 28.3 Å². The van der Waals surface area contributed by atoms with Crippen molar-refractivity contribution in [3.05, 3.63) is 70.3 Å². The number of nitrogens with one attached hydrogen (secondary N) is 3. The fourth-order valence-corrected chi connectivity index (χ4v) is 3.07. The summed E-state index contributed by atoms with van der Waals surface area (Å²) in [7, 11) is 0. The van der Waals surface area contributed by atoms with Gasteiger partial charge in [0, 0.05) is 28.7 Å². The summed E-state index contributed by atoms with van der Waals surface area (Å²) in [6, 6.07) is 12.1. The number of benzene rings is 2. The molecule has 0 saturated carbocycles. The molecular formula is C22H20N4O4. The first-order valence-corrected chi connectivity index (χ1v) is 9.51. The van der Waals surface area contributed by atoms with E-state index in [0.717, 1.165) is 0 Å². The zero-order chi connectivity index (χ0) is 21.3. The molecule has 0 fully saturated rings. The number of nitrogens with zero attached hydrogens (tertiary/aromatic N) is 1. The summed E-state index contributed by atoms with van der Waals surface area (Å²) >= 11 is 0. The third-order valence-electron chi connectivity index (χ3n) is 4.62. The van der Waals surface area contributed by atoms with Crippen LogP contribution in [0.25, 0.3) is 22.0 Å². The molecule has 3 N–H and O–H groups in total. The molecule has 2 amide bonds. The molecule has 0 aliphatic heterocycles. The molecule has 0 saturated heterocycles. The molecule has 8 nitrogen and oxygen atoms in total. The average Bonchev–Trinajstić information content (AvgIpc) is 3.16. The van der Waals surface area contributed by atoms with Crippen molar-refractivity contribution in [3.63, 3.8) is 0 Å². The Morgan fingerprint density at radius 1 is 1.17 bits per heavy atom. The molecule has 0 aliphatic rings. The Hall–Kier alpha value is -3.94. The summed E-state index contributed by atoms with van der Waals surface area (Å²) < 4.78 is 5.65. The quantitative estimate of drug-likeness (QED) is 0.472. The van der Waals surface area contributed by atoms with Gasteiger partial charge in [-0.15, -0.1) is 0 Å². The van der Waals surface area contributed by atoms with Crippen molar-refractivity contribution in [2.75, 3.05) is 11.9 Å². The zero-order valence-electron chi connectivity index (χ0n) is 16.5. The van der Waals surface area contributed by atoms with Crippen LogP contribution in [0.2, 0.25) is 0 Å². The molecule has 8 heteroatoms. The van der Waals surface area contributed by atoms with Crippen LogP contribution in [0.1, 0.15) is 36.0 Å². The molecule has 2 aromatic heterocycles. The molecule has 0 aliphatic carbocycles. The number of pyridine rings is 1. The predicted octanol–water partition coefficient (Wildman–Crippen LogP) is 3.16. The normalized spacial score (nSPS) is 11.2. The lowest BCUT2D eigenvalue weighted by molar-refractivity contribution is -0.115. The lowest BCUT2D eigenvalue weighted by Crippen LogP contribution is -2.35. The number of anilines is 1. The van der Waals surface area contributed by atoms with Gasteiger partial charge in [0.05, 0.1) is 6.54 Å². The Bertz CT molecular complexity index is 1320. The number of rotatable bonds is 5. The fourth-order valence-electron chi connectivity index (χ4n) is 3.07. The minimum Gasteiger partial charge on any atom is -0.440 e. The average molecular weight is 404 g/mol. The number of oxazole rings is 1. The van der Waals surface area contributed by atoms with Gasteiger partial charge in [-0.05, 0) is 30.3 Å². The van der Waals surface area contributed by atoms with Gasteiger partial charge >= 0.3 is 0 Å². The lowest BCUT2D eigenvalue weighted by atomic mass is 10.1. The first-order valence-electron chi connectivity index (χ1n) is 9.51. The smallest absolute Gasteiger partial charge is 0.257 e. The summed E-state index contributed by atoms with van der Waals surface area (Å²) in [6.07, 6.45) is 1.35. The number of fused-ring (bicyclic) bond motifs is 2. The summed E-state index contributed by atoms with van der Waals surface area (Å²) in [5.41, 5.74) is 2.02. The number of hydrogen-bond donors (Lipinski definition) is 3. The maximum Gasteiger partial charge on any atom is 0.257 e. The van der Waals surface area contributed by atoms with Crippen molar-refractivity contribution in [1.82, 2.24) is 15.3 Å². The molecule has 0 bridgehead atoms. The van der Waals surface area contributed by atoms with E-state index in [2.05, 4.69) is 20.6 Å². The van der Waals surface area contributed by atoms with E-state index in [9.17, 15) is 14.4 Å². The molecule has 0 spiro atoms. The molecule has 0 atom stereocenters. The second-order valence-corrected chi connectivity index (χ2v) is 7.20. The third-order valence-corrected chi connectivity index (χ3v) is 4.62. The number of amides is 2. The zero-order valence-corrected chi connectivity index (χ0v) is 16.5. The minimum absolute atomic E-state index is 0.0493. The van der Waals surface area contributed by atoms with Gasteiger partial charge in [-0.25, -0.2) is 4.98 Å². The van der Waals surface area contributed by atoms with Crippen molar-refractivity contribution < 1.29 is 14.0 Å². The molecule has 2 heterocycles. The number of carbonyl (C=O) groups excluding carboxylic acids is 2. The van der Waals surface area contributed by atoms with E-state index < -0.39 is 11.8 Å². The minimum atomic E-state index is -0.620. The van der Waals surface area contributed by atoms with E-state index in [1.807, 2.05) is 13.8 Å². The molecule has 2 aromatic carbocycles. The van der Waals surface area contributed by atoms with Crippen LogP contribution in [-0.2, 0) is 4.79 Å². The Kier molecular flexibility index (Phi) is 5.05. The van der Waals surface area contributed by atoms with Gasteiger partial charge < -0.3 is 20.0 Å². The molecule has 4 rings (SSSR count). The van der Waals surface area contributed by atoms with Crippen LogP contribution in [0.3, 0.4) is 0 Å². The van der Waals surface area contributed by atoms with E-state index in [1.54, 1.807) is 42.5 Å². The fraction of sp³-hybridized carbons (Fsp3) is 0.182. The van der Waals surface area contributed by atoms with Gasteiger partial charge in [-0.3, -0.25) is 14.4 Å². The van der Waals surface area contributed by atoms with Gasteiger partial charge in [0.15, 0.2) is 11.5 Å². The maximum atomic E-state index is 12.5. The Morgan fingerprint density at radius 3 is 2.77 bits per heavy atom. The second-order valence-electron chi connectivity index (χ2n) is 7.20. The van der Waals surface area contributed by atoms with Gasteiger partial charge in [-0.2, -0.15) is 0 Å². The first kappa shape index (κ1) is 19.4. The topological polar surface area (TPSA) is 117 Å². The highest BCUT2D eigenvalue weighted by atomic mass is 16.3. The van der Waals surface area contributed by atoms with Crippen molar-refractivity contribution in [2.45, 2.75) is 19.8 Å². The van der Waals surface area contributed by atoms with Crippen molar-refractivity contribution in [3.8, 4) is 0 Å². The van der Waals surface area contributed by atoms with Crippen LogP contribution in [0, 0.1) is 0 Å². The second kappa shape index (κ2) is 7.82. The van der Waals surface area contributed by atoms with Gasteiger partial charge in [0.2, 0.25) is 11.3 Å². The monoisotopic (exact) mass is 404 g/mol. The maximum absolute atomic E-state index is 12.5. The standard InChI is InChI=1S/C22H20N4O4/c1-12(2)22-26-17-9-13(7-8-18(17)30-22)25-19(27)11-24-21(29)15-10-23-16-6-4-3-5-14(16)20(15)28/h3-10,12H,11H2,1-2H3,(H,23,28)(H,24,29)(H,25,27). The van der Waals surface area contributed by atoms with Crippen molar-refractivity contribution in [2.24, 2.45) is 0 Å². The molecule has 0 unspecified atom stereocenters. The molecular weight excluding hydrogens is 384 g/mol. The Balaban J connectivity index is 1.42. The number of carbonyl (C=O) groups is 2. The van der Waals surface area contributed by atoms with Crippen LogP contribution >= 0.6 is 0 Å². The van der Waals surface area contributed by atoms with Gasteiger partial charge in [0.25, 0.3) is 5.91 Å². The Morgan fingerprint density at radius 2 is 1.97 bits per heavy atom. The molecule has 4 aromatic rings. The van der Waals surface area contributed by atoms with Gasteiger partial charge in [-0.1, -0.05) is 26.0 Å². The third kappa shape index (κ3) is 3.80. The van der Waals surface area contributed by atoms with Crippen LogP contribution in [0.5, 0.6) is 0 Å². The number of hydrogen-bond acceptors (Lipinski definition) is 5. The summed E-state index contributed by atoms with van der Waals surface area (Å²) in [4.78, 5) is 44.4. The van der Waals surface area contributed by atoms with Crippen LogP contribution in [0.15, 0.2) is 57.9 Å². The van der Waals surface area contributed by atoms with E-state index in [1.165, 1.54) is 6.20 Å². The number of para-hydroxylation sites is 1. The van der Waals surface area contributed by atoms with Gasteiger partial charge in [0.1, 0.15) is 11.1 Å².